The quantitative estimate of drug-likeness (QED) is 0.299. The lowest BCUT2D eigenvalue weighted by atomic mass is 9.94. The Morgan fingerprint density at radius 1 is 0.941 bits per heavy atom. The summed E-state index contributed by atoms with van der Waals surface area (Å²) in [5.41, 5.74) is 4.18. The summed E-state index contributed by atoms with van der Waals surface area (Å²) < 4.78 is 19.3. The molecular formula is C28H26FNO4. The molecule has 1 fully saturated rings. The normalized spacial score (nSPS) is 17.3. The minimum absolute atomic E-state index is 0.0432. The summed E-state index contributed by atoms with van der Waals surface area (Å²) in [6.45, 7) is 8.10. The second-order valence-electron chi connectivity index (χ2n) is 8.40. The molecule has 6 heteroatoms. The van der Waals surface area contributed by atoms with Crippen LogP contribution in [0.3, 0.4) is 0 Å². The molecule has 0 radical (unpaired) electrons. The van der Waals surface area contributed by atoms with Gasteiger partial charge in [-0.3, -0.25) is 14.5 Å². The molecule has 1 aliphatic rings. The van der Waals surface area contributed by atoms with Crippen LogP contribution in [0.1, 0.15) is 40.8 Å². The molecule has 1 amide bonds. The Morgan fingerprint density at radius 2 is 1.65 bits per heavy atom. The highest BCUT2D eigenvalue weighted by atomic mass is 19.1. The number of carbonyl (C=O) groups excluding carboxylic acids is 2. The number of aliphatic hydroxyl groups is 1. The van der Waals surface area contributed by atoms with Crippen LogP contribution < -0.4 is 9.64 Å². The van der Waals surface area contributed by atoms with Gasteiger partial charge in [0.05, 0.1) is 18.2 Å². The number of benzene rings is 3. The van der Waals surface area contributed by atoms with Gasteiger partial charge in [-0.25, -0.2) is 4.39 Å². The second kappa shape index (κ2) is 9.14. The molecule has 0 aliphatic carbocycles. The minimum Gasteiger partial charge on any atom is -0.507 e. The van der Waals surface area contributed by atoms with Gasteiger partial charge in [-0.05, 0) is 92.4 Å². The van der Waals surface area contributed by atoms with E-state index in [4.69, 9.17) is 4.74 Å². The number of Topliss-reactive ketones (excluding diaryl/α,β-unsaturated/α-hetero) is 1. The van der Waals surface area contributed by atoms with Crippen molar-refractivity contribution in [3.8, 4) is 5.75 Å². The second-order valence-corrected chi connectivity index (χ2v) is 8.40. The van der Waals surface area contributed by atoms with Gasteiger partial charge in [0.15, 0.2) is 0 Å². The molecule has 34 heavy (non-hydrogen) atoms. The predicted molar refractivity (Wildman–Crippen MR) is 129 cm³/mol. The standard InChI is InChI=1S/C28H26FNO4/c1-5-34-23-13-9-20(14-18(23)4)26(31)24-25(19-7-10-21(29)11-8-19)30(28(33)27(24)32)22-12-6-16(2)17(3)15-22/h6-15,25,31H,5H2,1-4H3/b26-24+. The van der Waals surface area contributed by atoms with Crippen LogP contribution in [-0.4, -0.2) is 23.4 Å². The number of nitrogens with zero attached hydrogens (tertiary/aromatic N) is 1. The van der Waals surface area contributed by atoms with E-state index < -0.39 is 23.5 Å². The Hall–Kier alpha value is -3.93. The van der Waals surface area contributed by atoms with E-state index in [2.05, 4.69) is 0 Å². The van der Waals surface area contributed by atoms with Gasteiger partial charge in [0.25, 0.3) is 11.7 Å². The zero-order chi connectivity index (χ0) is 24.6. The number of carbonyl (C=O) groups is 2. The number of ether oxygens (including phenoxy) is 1. The summed E-state index contributed by atoms with van der Waals surface area (Å²) in [4.78, 5) is 27.9. The van der Waals surface area contributed by atoms with Crippen molar-refractivity contribution in [3.63, 3.8) is 0 Å². The van der Waals surface area contributed by atoms with Gasteiger partial charge in [-0.15, -0.1) is 0 Å². The number of amides is 1. The minimum atomic E-state index is -0.908. The SMILES string of the molecule is CCOc1ccc(/C(O)=C2\C(=O)C(=O)N(c3ccc(C)c(C)c3)C2c2ccc(F)cc2)cc1C. The molecule has 4 rings (SSSR count). The van der Waals surface area contributed by atoms with E-state index >= 15 is 0 Å². The lowest BCUT2D eigenvalue weighted by Gasteiger charge is -2.26. The molecule has 1 aliphatic heterocycles. The fourth-order valence-electron chi connectivity index (χ4n) is 4.20. The first-order valence-corrected chi connectivity index (χ1v) is 11.1. The lowest BCUT2D eigenvalue weighted by molar-refractivity contribution is -0.132. The molecule has 0 bridgehead atoms. The Kier molecular flexibility index (Phi) is 6.24. The summed E-state index contributed by atoms with van der Waals surface area (Å²) in [6.07, 6.45) is 0. The monoisotopic (exact) mass is 459 g/mol. The highest BCUT2D eigenvalue weighted by Crippen LogP contribution is 2.42. The number of halogens is 1. The summed E-state index contributed by atoms with van der Waals surface area (Å²) in [7, 11) is 0. The first-order chi connectivity index (χ1) is 16.2. The topological polar surface area (TPSA) is 66.8 Å². The fraction of sp³-hybridized carbons (Fsp3) is 0.214. The Bertz CT molecular complexity index is 1310. The number of aryl methyl sites for hydroxylation is 3. The molecule has 1 atom stereocenters. The van der Waals surface area contributed by atoms with Gasteiger partial charge >= 0.3 is 0 Å². The number of anilines is 1. The molecule has 3 aromatic carbocycles. The van der Waals surface area contributed by atoms with Gasteiger partial charge in [0, 0.05) is 11.3 Å². The Balaban J connectivity index is 1.92. The molecule has 1 saturated heterocycles. The van der Waals surface area contributed by atoms with E-state index in [0.29, 0.717) is 29.2 Å². The van der Waals surface area contributed by atoms with Crippen LogP contribution in [0.2, 0.25) is 0 Å². The van der Waals surface area contributed by atoms with Crippen LogP contribution in [0.5, 0.6) is 5.75 Å². The average Bonchev–Trinajstić information content (AvgIpc) is 3.07. The molecule has 1 heterocycles. The lowest BCUT2D eigenvalue weighted by Crippen LogP contribution is -2.29. The van der Waals surface area contributed by atoms with Crippen LogP contribution in [0, 0.1) is 26.6 Å². The van der Waals surface area contributed by atoms with Gasteiger partial charge < -0.3 is 9.84 Å². The fourth-order valence-corrected chi connectivity index (χ4v) is 4.20. The smallest absolute Gasteiger partial charge is 0.300 e. The summed E-state index contributed by atoms with van der Waals surface area (Å²) in [5, 5.41) is 11.3. The molecule has 174 valence electrons. The van der Waals surface area contributed by atoms with Crippen molar-refractivity contribution in [2.75, 3.05) is 11.5 Å². The van der Waals surface area contributed by atoms with E-state index in [0.717, 1.165) is 16.7 Å². The van der Waals surface area contributed by atoms with Crippen LogP contribution in [-0.2, 0) is 9.59 Å². The molecular weight excluding hydrogens is 433 g/mol. The van der Waals surface area contributed by atoms with Gasteiger partial charge in [-0.1, -0.05) is 18.2 Å². The largest absolute Gasteiger partial charge is 0.507 e. The zero-order valence-corrected chi connectivity index (χ0v) is 19.6. The molecule has 0 aromatic heterocycles. The number of ketones is 1. The van der Waals surface area contributed by atoms with Crippen molar-refractivity contribution in [2.45, 2.75) is 33.7 Å². The van der Waals surface area contributed by atoms with E-state index in [1.807, 2.05) is 39.8 Å². The third-order valence-electron chi connectivity index (χ3n) is 6.15. The summed E-state index contributed by atoms with van der Waals surface area (Å²) in [6, 6.07) is 15.3. The van der Waals surface area contributed by atoms with E-state index in [9.17, 15) is 19.1 Å². The molecule has 0 saturated carbocycles. The van der Waals surface area contributed by atoms with Crippen molar-refractivity contribution >= 4 is 23.1 Å². The van der Waals surface area contributed by atoms with Crippen molar-refractivity contribution in [2.24, 2.45) is 0 Å². The van der Waals surface area contributed by atoms with Crippen LogP contribution in [0.25, 0.3) is 5.76 Å². The number of rotatable bonds is 5. The van der Waals surface area contributed by atoms with Crippen molar-refractivity contribution < 1.29 is 23.8 Å². The molecule has 1 N–H and O–H groups in total. The van der Waals surface area contributed by atoms with E-state index in [-0.39, 0.29) is 11.3 Å². The summed E-state index contributed by atoms with van der Waals surface area (Å²) >= 11 is 0. The first-order valence-electron chi connectivity index (χ1n) is 11.1. The number of aliphatic hydroxyl groups excluding tert-OH is 1. The highest BCUT2D eigenvalue weighted by molar-refractivity contribution is 6.51. The maximum atomic E-state index is 13.7. The predicted octanol–water partition coefficient (Wildman–Crippen LogP) is 5.78. The molecule has 0 spiro atoms. The third kappa shape index (κ3) is 4.07. The van der Waals surface area contributed by atoms with Crippen LogP contribution in [0.4, 0.5) is 10.1 Å². The highest BCUT2D eigenvalue weighted by Gasteiger charge is 2.47. The Morgan fingerprint density at radius 3 is 2.26 bits per heavy atom. The molecule has 1 unspecified atom stereocenters. The van der Waals surface area contributed by atoms with Gasteiger partial charge in [0.1, 0.15) is 17.3 Å². The Labute approximate surface area is 198 Å². The summed E-state index contributed by atoms with van der Waals surface area (Å²) in [5.74, 6) is -1.60. The zero-order valence-electron chi connectivity index (χ0n) is 19.6. The van der Waals surface area contributed by atoms with Crippen LogP contribution in [0.15, 0.2) is 66.2 Å². The first kappa shape index (κ1) is 23.2. The maximum Gasteiger partial charge on any atom is 0.300 e. The number of hydrogen-bond acceptors (Lipinski definition) is 4. The molecule has 3 aromatic rings. The van der Waals surface area contributed by atoms with Crippen LogP contribution >= 0.6 is 0 Å². The third-order valence-corrected chi connectivity index (χ3v) is 6.15. The average molecular weight is 460 g/mol. The van der Waals surface area contributed by atoms with E-state index in [1.165, 1.54) is 29.2 Å². The van der Waals surface area contributed by atoms with Crippen molar-refractivity contribution in [3.05, 3.63) is 99.9 Å². The van der Waals surface area contributed by atoms with Crippen molar-refractivity contribution in [1.29, 1.82) is 0 Å². The van der Waals surface area contributed by atoms with Gasteiger partial charge in [-0.2, -0.15) is 0 Å². The van der Waals surface area contributed by atoms with Crippen molar-refractivity contribution in [1.82, 2.24) is 0 Å². The van der Waals surface area contributed by atoms with E-state index in [1.54, 1.807) is 24.3 Å². The number of hydrogen-bond donors (Lipinski definition) is 1. The molecule has 5 nitrogen and oxygen atoms in total. The van der Waals surface area contributed by atoms with Gasteiger partial charge in [0.2, 0.25) is 0 Å². The maximum absolute atomic E-state index is 13.7.